The monoisotopic (exact) mass is 299 g/mol. The molecule has 0 heterocycles. The topological polar surface area (TPSA) is 12.0 Å². The van der Waals surface area contributed by atoms with Gasteiger partial charge in [-0.1, -0.05) is 56.6 Å². The number of benzene rings is 2. The van der Waals surface area contributed by atoms with E-state index >= 15 is 0 Å². The highest BCUT2D eigenvalue weighted by molar-refractivity contribution is 6.30. The molecule has 0 bridgehead atoms. The van der Waals surface area contributed by atoms with Crippen LogP contribution in [-0.4, -0.2) is 0 Å². The Bertz CT molecular complexity index is 660. The molecule has 0 saturated carbocycles. The fraction of sp³-hybridized carbons (Fsp3) is 0.368. The molecular weight excluding hydrogens is 278 g/mol. The van der Waals surface area contributed by atoms with E-state index in [-0.39, 0.29) is 5.41 Å². The zero-order chi connectivity index (χ0) is 15.0. The van der Waals surface area contributed by atoms with Crippen molar-refractivity contribution in [3.05, 3.63) is 64.2 Å². The quantitative estimate of drug-likeness (QED) is 0.773. The molecule has 0 amide bonds. The average molecular weight is 300 g/mol. The molecule has 0 aromatic heterocycles. The highest BCUT2D eigenvalue weighted by Gasteiger charge is 2.39. The number of halogens is 1. The third-order valence-corrected chi connectivity index (χ3v) is 4.78. The van der Waals surface area contributed by atoms with E-state index in [1.54, 1.807) is 0 Å². The number of anilines is 1. The van der Waals surface area contributed by atoms with Gasteiger partial charge in [-0.05, 0) is 53.1 Å². The predicted octanol–water partition coefficient (Wildman–Crippen LogP) is 5.64. The van der Waals surface area contributed by atoms with E-state index < -0.39 is 0 Å². The molecule has 2 aromatic carbocycles. The van der Waals surface area contributed by atoms with Gasteiger partial charge in [0.05, 0.1) is 6.04 Å². The minimum absolute atomic E-state index is 0.188. The van der Waals surface area contributed by atoms with Crippen LogP contribution in [0.1, 0.15) is 43.5 Å². The summed E-state index contributed by atoms with van der Waals surface area (Å²) in [6.07, 6.45) is 2.13. The summed E-state index contributed by atoms with van der Waals surface area (Å²) in [6, 6.07) is 15.2. The van der Waals surface area contributed by atoms with Gasteiger partial charge in [-0.2, -0.15) is 0 Å². The molecule has 110 valence electrons. The van der Waals surface area contributed by atoms with Crippen LogP contribution in [0, 0.1) is 5.41 Å². The van der Waals surface area contributed by atoms with Gasteiger partial charge in [-0.3, -0.25) is 0 Å². The van der Waals surface area contributed by atoms with Crippen molar-refractivity contribution in [3.63, 3.8) is 0 Å². The van der Waals surface area contributed by atoms with E-state index in [0.29, 0.717) is 6.04 Å². The van der Waals surface area contributed by atoms with Crippen LogP contribution < -0.4 is 5.32 Å². The lowest BCUT2D eigenvalue weighted by Crippen LogP contribution is -2.25. The molecule has 1 unspecified atom stereocenters. The normalized spacial score (nSPS) is 19.3. The fourth-order valence-corrected chi connectivity index (χ4v) is 3.59. The molecule has 0 fully saturated rings. The molecule has 2 aromatic rings. The molecule has 0 radical (unpaired) electrons. The smallest absolute Gasteiger partial charge is 0.0571 e. The Morgan fingerprint density at radius 1 is 1.19 bits per heavy atom. The van der Waals surface area contributed by atoms with Crippen LogP contribution in [0.2, 0.25) is 5.02 Å². The van der Waals surface area contributed by atoms with E-state index in [1.807, 2.05) is 6.07 Å². The molecule has 3 rings (SSSR count). The summed E-state index contributed by atoms with van der Waals surface area (Å²) in [5, 5.41) is 4.60. The first-order chi connectivity index (χ1) is 10.0. The maximum atomic E-state index is 6.22. The van der Waals surface area contributed by atoms with Gasteiger partial charge < -0.3 is 5.32 Å². The minimum atomic E-state index is 0.188. The van der Waals surface area contributed by atoms with Crippen molar-refractivity contribution in [2.24, 2.45) is 5.41 Å². The standard InChI is InChI=1S/C19H22ClN/c1-4-13-7-5-6-8-17(13)21-18-16-11-15(20)10-9-14(16)12-19(18,2)3/h5-11,18,21H,4,12H2,1-3H3. The lowest BCUT2D eigenvalue weighted by molar-refractivity contribution is 0.337. The number of hydrogen-bond acceptors (Lipinski definition) is 1. The Labute approximate surface area is 132 Å². The number of hydrogen-bond donors (Lipinski definition) is 1. The second-order valence-corrected chi connectivity index (χ2v) is 7.03. The van der Waals surface area contributed by atoms with E-state index in [4.69, 9.17) is 11.6 Å². The van der Waals surface area contributed by atoms with Gasteiger partial charge >= 0.3 is 0 Å². The molecule has 1 nitrogen and oxygen atoms in total. The third kappa shape index (κ3) is 2.67. The van der Waals surface area contributed by atoms with Gasteiger partial charge in [0.2, 0.25) is 0 Å². The summed E-state index contributed by atoms with van der Waals surface area (Å²) in [5.74, 6) is 0. The van der Waals surface area contributed by atoms with Crippen LogP contribution >= 0.6 is 11.6 Å². The maximum Gasteiger partial charge on any atom is 0.0571 e. The Morgan fingerprint density at radius 2 is 1.95 bits per heavy atom. The Kier molecular flexibility index (Phi) is 3.71. The Morgan fingerprint density at radius 3 is 2.71 bits per heavy atom. The second kappa shape index (κ2) is 5.38. The van der Waals surface area contributed by atoms with Crippen molar-refractivity contribution in [2.45, 2.75) is 39.7 Å². The number of aryl methyl sites for hydroxylation is 1. The Balaban J connectivity index is 2.00. The van der Waals surface area contributed by atoms with Crippen LogP contribution in [0.4, 0.5) is 5.69 Å². The van der Waals surface area contributed by atoms with Crippen molar-refractivity contribution in [2.75, 3.05) is 5.32 Å². The Hall–Kier alpha value is -1.47. The van der Waals surface area contributed by atoms with Gasteiger partial charge in [0.1, 0.15) is 0 Å². The molecule has 1 aliphatic rings. The van der Waals surface area contributed by atoms with Gasteiger partial charge in [0.15, 0.2) is 0 Å². The summed E-state index contributed by atoms with van der Waals surface area (Å²) in [4.78, 5) is 0. The van der Waals surface area contributed by atoms with Crippen molar-refractivity contribution < 1.29 is 0 Å². The summed E-state index contributed by atoms with van der Waals surface area (Å²) in [6.45, 7) is 6.85. The lowest BCUT2D eigenvalue weighted by atomic mass is 9.85. The van der Waals surface area contributed by atoms with Crippen molar-refractivity contribution in [1.82, 2.24) is 0 Å². The van der Waals surface area contributed by atoms with Crippen LogP contribution in [0.15, 0.2) is 42.5 Å². The van der Waals surface area contributed by atoms with E-state index in [1.165, 1.54) is 22.4 Å². The van der Waals surface area contributed by atoms with E-state index in [2.05, 4.69) is 62.5 Å². The highest BCUT2D eigenvalue weighted by Crippen LogP contribution is 2.47. The first-order valence-corrected chi connectivity index (χ1v) is 8.02. The highest BCUT2D eigenvalue weighted by atomic mass is 35.5. The average Bonchev–Trinajstić information content (AvgIpc) is 2.70. The predicted molar refractivity (Wildman–Crippen MR) is 91.1 cm³/mol. The zero-order valence-electron chi connectivity index (χ0n) is 12.9. The minimum Gasteiger partial charge on any atom is -0.377 e. The lowest BCUT2D eigenvalue weighted by Gasteiger charge is -2.30. The molecule has 0 spiro atoms. The molecule has 0 saturated heterocycles. The molecule has 2 heteroatoms. The molecule has 1 aliphatic carbocycles. The van der Waals surface area contributed by atoms with Crippen LogP contribution in [0.25, 0.3) is 0 Å². The molecule has 1 atom stereocenters. The van der Waals surface area contributed by atoms with Gasteiger partial charge in [-0.15, -0.1) is 0 Å². The van der Waals surface area contributed by atoms with Gasteiger partial charge in [0, 0.05) is 10.7 Å². The van der Waals surface area contributed by atoms with E-state index in [0.717, 1.165) is 17.9 Å². The maximum absolute atomic E-state index is 6.22. The van der Waals surface area contributed by atoms with Crippen molar-refractivity contribution in [3.8, 4) is 0 Å². The first-order valence-electron chi connectivity index (χ1n) is 7.64. The molecule has 1 N–H and O–H groups in total. The van der Waals surface area contributed by atoms with Gasteiger partial charge in [0.25, 0.3) is 0 Å². The number of nitrogens with one attached hydrogen (secondary N) is 1. The summed E-state index contributed by atoms with van der Waals surface area (Å²) in [7, 11) is 0. The number of fused-ring (bicyclic) bond motifs is 1. The second-order valence-electron chi connectivity index (χ2n) is 6.60. The SMILES string of the molecule is CCc1ccccc1NC1c2cc(Cl)ccc2CC1(C)C. The summed E-state index contributed by atoms with van der Waals surface area (Å²) in [5.41, 5.74) is 5.55. The summed E-state index contributed by atoms with van der Waals surface area (Å²) >= 11 is 6.22. The zero-order valence-corrected chi connectivity index (χ0v) is 13.7. The van der Waals surface area contributed by atoms with Crippen LogP contribution in [-0.2, 0) is 12.8 Å². The van der Waals surface area contributed by atoms with Crippen molar-refractivity contribution in [1.29, 1.82) is 0 Å². The fourth-order valence-electron chi connectivity index (χ4n) is 3.41. The summed E-state index contributed by atoms with van der Waals surface area (Å²) < 4.78 is 0. The number of rotatable bonds is 3. The molecule has 0 aliphatic heterocycles. The van der Waals surface area contributed by atoms with Gasteiger partial charge in [-0.25, -0.2) is 0 Å². The molecule has 21 heavy (non-hydrogen) atoms. The number of para-hydroxylation sites is 1. The van der Waals surface area contributed by atoms with Crippen LogP contribution in [0.3, 0.4) is 0 Å². The van der Waals surface area contributed by atoms with Crippen molar-refractivity contribution >= 4 is 17.3 Å². The van der Waals surface area contributed by atoms with Crippen LogP contribution in [0.5, 0.6) is 0 Å². The van der Waals surface area contributed by atoms with E-state index in [9.17, 15) is 0 Å². The molecular formula is C19H22ClN. The third-order valence-electron chi connectivity index (χ3n) is 4.54. The largest absolute Gasteiger partial charge is 0.377 e. The first kappa shape index (κ1) is 14.5.